The third-order valence-corrected chi connectivity index (χ3v) is 3.45. The average Bonchev–Trinajstić information content (AvgIpc) is 2.62. The van der Waals surface area contributed by atoms with Crippen molar-refractivity contribution in [2.75, 3.05) is 19.7 Å². The molecule has 0 aliphatic carbocycles. The first-order valence-corrected chi connectivity index (χ1v) is 6.86. The van der Waals surface area contributed by atoms with Crippen molar-refractivity contribution in [1.29, 1.82) is 0 Å². The molecule has 2 heteroatoms. The van der Waals surface area contributed by atoms with Crippen molar-refractivity contribution in [2.45, 2.75) is 33.6 Å². The van der Waals surface area contributed by atoms with E-state index in [1.54, 1.807) is 0 Å². The standard InChI is InChI=1S/C16H23NO/c1-4-18-16-11-12(2)15(10-13(16)3)14-6-5-8-17-9-7-14/h6,10-11,17H,4-5,7-9H2,1-3H3. The van der Waals surface area contributed by atoms with Gasteiger partial charge in [0.15, 0.2) is 0 Å². The number of ether oxygens (including phenoxy) is 1. The molecule has 98 valence electrons. The number of nitrogens with one attached hydrogen (secondary N) is 1. The van der Waals surface area contributed by atoms with Gasteiger partial charge in [-0.05, 0) is 81.1 Å². The summed E-state index contributed by atoms with van der Waals surface area (Å²) in [5, 5.41) is 3.44. The Hall–Kier alpha value is -1.28. The summed E-state index contributed by atoms with van der Waals surface area (Å²) in [6.07, 6.45) is 4.62. The second kappa shape index (κ2) is 6.05. The van der Waals surface area contributed by atoms with E-state index < -0.39 is 0 Å². The highest BCUT2D eigenvalue weighted by Crippen LogP contribution is 2.29. The van der Waals surface area contributed by atoms with Crippen LogP contribution in [-0.2, 0) is 0 Å². The van der Waals surface area contributed by atoms with Crippen LogP contribution in [0, 0.1) is 13.8 Å². The van der Waals surface area contributed by atoms with Crippen LogP contribution in [0.25, 0.3) is 5.57 Å². The molecule has 0 aromatic heterocycles. The monoisotopic (exact) mass is 245 g/mol. The lowest BCUT2D eigenvalue weighted by Gasteiger charge is -2.14. The fourth-order valence-electron chi connectivity index (χ4n) is 2.49. The number of benzene rings is 1. The maximum Gasteiger partial charge on any atom is 0.122 e. The Kier molecular flexibility index (Phi) is 4.43. The van der Waals surface area contributed by atoms with Gasteiger partial charge in [0, 0.05) is 0 Å². The minimum Gasteiger partial charge on any atom is -0.494 e. The zero-order valence-electron chi connectivity index (χ0n) is 11.7. The van der Waals surface area contributed by atoms with Crippen LogP contribution in [0.2, 0.25) is 0 Å². The molecule has 0 amide bonds. The molecule has 18 heavy (non-hydrogen) atoms. The van der Waals surface area contributed by atoms with Crippen LogP contribution in [0.5, 0.6) is 5.75 Å². The van der Waals surface area contributed by atoms with E-state index in [0.29, 0.717) is 0 Å². The third kappa shape index (κ3) is 2.94. The summed E-state index contributed by atoms with van der Waals surface area (Å²) in [5.74, 6) is 1.02. The molecular weight excluding hydrogens is 222 g/mol. The summed E-state index contributed by atoms with van der Waals surface area (Å²) < 4.78 is 5.65. The number of aryl methyl sites for hydroxylation is 2. The molecular formula is C16H23NO. The summed E-state index contributed by atoms with van der Waals surface area (Å²) >= 11 is 0. The van der Waals surface area contributed by atoms with Gasteiger partial charge in [0.05, 0.1) is 6.61 Å². The van der Waals surface area contributed by atoms with Gasteiger partial charge in [-0.15, -0.1) is 0 Å². The van der Waals surface area contributed by atoms with E-state index in [1.807, 2.05) is 6.92 Å². The molecule has 1 N–H and O–H groups in total. The van der Waals surface area contributed by atoms with Gasteiger partial charge in [0.2, 0.25) is 0 Å². The van der Waals surface area contributed by atoms with Crippen LogP contribution in [0.4, 0.5) is 0 Å². The highest BCUT2D eigenvalue weighted by atomic mass is 16.5. The van der Waals surface area contributed by atoms with Crippen LogP contribution in [0.3, 0.4) is 0 Å². The maximum atomic E-state index is 5.65. The van der Waals surface area contributed by atoms with Gasteiger partial charge >= 0.3 is 0 Å². The normalized spacial score (nSPS) is 16.1. The first-order chi connectivity index (χ1) is 8.72. The van der Waals surface area contributed by atoms with Crippen molar-refractivity contribution < 1.29 is 4.74 Å². The molecule has 1 aromatic carbocycles. The topological polar surface area (TPSA) is 21.3 Å². The van der Waals surface area contributed by atoms with Gasteiger partial charge in [-0.1, -0.05) is 6.08 Å². The van der Waals surface area contributed by atoms with Crippen molar-refractivity contribution in [3.05, 3.63) is 34.9 Å². The predicted molar refractivity (Wildman–Crippen MR) is 77.2 cm³/mol. The lowest BCUT2D eigenvalue weighted by Crippen LogP contribution is -2.13. The fourth-order valence-corrected chi connectivity index (χ4v) is 2.49. The molecule has 1 aliphatic heterocycles. The largest absolute Gasteiger partial charge is 0.494 e. The molecule has 0 bridgehead atoms. The van der Waals surface area contributed by atoms with Gasteiger partial charge in [0.1, 0.15) is 5.75 Å². The first-order valence-electron chi connectivity index (χ1n) is 6.86. The zero-order valence-corrected chi connectivity index (χ0v) is 11.7. The minimum atomic E-state index is 0.728. The molecule has 0 radical (unpaired) electrons. The SMILES string of the molecule is CCOc1cc(C)c(C2=CCCNCC2)cc1C. The summed E-state index contributed by atoms with van der Waals surface area (Å²) in [7, 11) is 0. The van der Waals surface area contributed by atoms with E-state index >= 15 is 0 Å². The highest BCUT2D eigenvalue weighted by molar-refractivity contribution is 5.70. The lowest BCUT2D eigenvalue weighted by molar-refractivity contribution is 0.337. The Labute approximate surface area is 110 Å². The van der Waals surface area contributed by atoms with E-state index in [0.717, 1.165) is 38.3 Å². The van der Waals surface area contributed by atoms with Gasteiger partial charge < -0.3 is 10.1 Å². The fraction of sp³-hybridized carbons (Fsp3) is 0.500. The number of rotatable bonds is 3. The van der Waals surface area contributed by atoms with E-state index in [2.05, 4.69) is 37.4 Å². The van der Waals surface area contributed by atoms with Crippen molar-refractivity contribution in [3.63, 3.8) is 0 Å². The van der Waals surface area contributed by atoms with E-state index in [9.17, 15) is 0 Å². The van der Waals surface area contributed by atoms with E-state index in [-0.39, 0.29) is 0 Å². The Balaban J connectivity index is 2.33. The lowest BCUT2D eigenvalue weighted by atomic mass is 9.95. The molecule has 1 aliphatic rings. The second-order valence-electron chi connectivity index (χ2n) is 4.88. The molecule has 0 unspecified atom stereocenters. The molecule has 0 atom stereocenters. The predicted octanol–water partition coefficient (Wildman–Crippen LogP) is 3.47. The molecule has 0 saturated carbocycles. The molecule has 0 fully saturated rings. The average molecular weight is 245 g/mol. The molecule has 1 heterocycles. The van der Waals surface area contributed by atoms with Crippen molar-refractivity contribution >= 4 is 5.57 Å². The molecule has 2 nitrogen and oxygen atoms in total. The Morgan fingerprint density at radius 3 is 2.78 bits per heavy atom. The smallest absolute Gasteiger partial charge is 0.122 e. The summed E-state index contributed by atoms with van der Waals surface area (Å²) in [4.78, 5) is 0. The second-order valence-corrected chi connectivity index (χ2v) is 4.88. The van der Waals surface area contributed by atoms with Crippen molar-refractivity contribution in [3.8, 4) is 5.75 Å². The highest BCUT2D eigenvalue weighted by Gasteiger charge is 2.10. The van der Waals surface area contributed by atoms with E-state index in [4.69, 9.17) is 4.74 Å². The van der Waals surface area contributed by atoms with Crippen molar-refractivity contribution in [2.24, 2.45) is 0 Å². The van der Waals surface area contributed by atoms with Gasteiger partial charge in [0.25, 0.3) is 0 Å². The third-order valence-electron chi connectivity index (χ3n) is 3.45. The molecule has 2 rings (SSSR count). The summed E-state index contributed by atoms with van der Waals surface area (Å²) in [6.45, 7) is 9.24. The summed E-state index contributed by atoms with van der Waals surface area (Å²) in [6, 6.07) is 4.45. The number of hydrogen-bond donors (Lipinski definition) is 1. The first kappa shape index (κ1) is 13.2. The molecule has 1 aromatic rings. The van der Waals surface area contributed by atoms with Crippen LogP contribution >= 0.6 is 0 Å². The van der Waals surface area contributed by atoms with E-state index in [1.165, 1.54) is 22.3 Å². The van der Waals surface area contributed by atoms with Crippen LogP contribution < -0.4 is 10.1 Å². The molecule has 0 saturated heterocycles. The number of hydrogen-bond acceptors (Lipinski definition) is 2. The van der Waals surface area contributed by atoms with Crippen molar-refractivity contribution in [1.82, 2.24) is 5.32 Å². The van der Waals surface area contributed by atoms with Gasteiger partial charge in [-0.3, -0.25) is 0 Å². The summed E-state index contributed by atoms with van der Waals surface area (Å²) in [5.41, 5.74) is 5.41. The van der Waals surface area contributed by atoms with Crippen LogP contribution in [0.1, 0.15) is 36.5 Å². The van der Waals surface area contributed by atoms with Gasteiger partial charge in [-0.2, -0.15) is 0 Å². The van der Waals surface area contributed by atoms with Crippen LogP contribution in [0.15, 0.2) is 18.2 Å². The van der Waals surface area contributed by atoms with Crippen LogP contribution in [-0.4, -0.2) is 19.7 Å². The molecule has 0 spiro atoms. The van der Waals surface area contributed by atoms with Gasteiger partial charge in [-0.25, -0.2) is 0 Å². The Morgan fingerprint density at radius 1 is 1.17 bits per heavy atom. The minimum absolute atomic E-state index is 0.728. The zero-order chi connectivity index (χ0) is 13.0. The Bertz CT molecular complexity index is 449. The Morgan fingerprint density at radius 2 is 2.00 bits per heavy atom. The quantitative estimate of drug-likeness (QED) is 0.880. The maximum absolute atomic E-state index is 5.65.